The number of sulfonamides is 1. The molecule has 0 aliphatic rings. The molecule has 0 radical (unpaired) electrons. The van der Waals surface area contributed by atoms with Crippen LogP contribution in [0.25, 0.3) is 0 Å². The zero-order valence-corrected chi connectivity index (χ0v) is 26.3. The van der Waals surface area contributed by atoms with Gasteiger partial charge in [0, 0.05) is 28.5 Å². The van der Waals surface area contributed by atoms with Gasteiger partial charge in [-0.05, 0) is 61.2 Å². The van der Waals surface area contributed by atoms with Crippen molar-refractivity contribution < 1.29 is 18.0 Å². The van der Waals surface area contributed by atoms with Crippen LogP contribution in [0.1, 0.15) is 37.0 Å². The van der Waals surface area contributed by atoms with Gasteiger partial charge < -0.3 is 10.2 Å². The van der Waals surface area contributed by atoms with E-state index in [1.165, 1.54) is 11.0 Å². The molecule has 40 heavy (non-hydrogen) atoms. The lowest BCUT2D eigenvalue weighted by molar-refractivity contribution is -0.140. The summed E-state index contributed by atoms with van der Waals surface area (Å²) in [6, 6.07) is 20.8. The van der Waals surface area contributed by atoms with Gasteiger partial charge in [0.05, 0.1) is 11.9 Å². The molecule has 0 spiro atoms. The van der Waals surface area contributed by atoms with Gasteiger partial charge in [0.25, 0.3) is 0 Å². The fourth-order valence-corrected chi connectivity index (χ4v) is 5.64. The van der Waals surface area contributed by atoms with Crippen molar-refractivity contribution in [1.29, 1.82) is 0 Å². The lowest BCUT2D eigenvalue weighted by Gasteiger charge is -2.34. The number of nitrogens with one attached hydrogen (secondary N) is 1. The van der Waals surface area contributed by atoms with Crippen LogP contribution in [0.2, 0.25) is 5.02 Å². The standard InChI is InChI=1S/C30H35BrClN3O4S/c1-5-22(3)33-30(37)28(17-23-10-7-6-8-11-23)34(19-24-12-9-13-25(31)16-24)29(36)20-35(40(4,38)39)26-15-14-21(2)27(32)18-26/h6-16,18,22,28H,5,17,19-20H2,1-4H3,(H,33,37). The van der Waals surface area contributed by atoms with Gasteiger partial charge in [0.2, 0.25) is 21.8 Å². The van der Waals surface area contributed by atoms with Crippen LogP contribution < -0.4 is 9.62 Å². The van der Waals surface area contributed by atoms with Gasteiger partial charge >= 0.3 is 0 Å². The summed E-state index contributed by atoms with van der Waals surface area (Å²) in [5, 5.41) is 3.41. The fourth-order valence-electron chi connectivity index (χ4n) is 4.18. The predicted octanol–water partition coefficient (Wildman–Crippen LogP) is 5.73. The van der Waals surface area contributed by atoms with Gasteiger partial charge in [-0.3, -0.25) is 13.9 Å². The molecule has 0 saturated heterocycles. The maximum absolute atomic E-state index is 14.1. The highest BCUT2D eigenvalue weighted by Crippen LogP contribution is 2.26. The van der Waals surface area contributed by atoms with E-state index < -0.39 is 28.5 Å². The topological polar surface area (TPSA) is 86.8 Å². The number of benzene rings is 3. The summed E-state index contributed by atoms with van der Waals surface area (Å²) in [4.78, 5) is 29.3. The van der Waals surface area contributed by atoms with Crippen LogP contribution in [0, 0.1) is 6.92 Å². The van der Waals surface area contributed by atoms with Crippen LogP contribution in [0.5, 0.6) is 0 Å². The van der Waals surface area contributed by atoms with E-state index in [4.69, 9.17) is 11.6 Å². The minimum atomic E-state index is -3.86. The second-order valence-corrected chi connectivity index (χ2v) is 13.1. The highest BCUT2D eigenvalue weighted by Gasteiger charge is 2.33. The number of carbonyl (C=O) groups excluding carboxylic acids is 2. The van der Waals surface area contributed by atoms with Crippen molar-refractivity contribution >= 4 is 55.1 Å². The van der Waals surface area contributed by atoms with Crippen LogP contribution >= 0.6 is 27.5 Å². The molecule has 0 aromatic heterocycles. The second kappa shape index (κ2) is 14.1. The van der Waals surface area contributed by atoms with E-state index in [1.54, 1.807) is 12.1 Å². The molecule has 3 rings (SSSR count). The van der Waals surface area contributed by atoms with Crippen LogP contribution in [0.15, 0.2) is 77.3 Å². The predicted molar refractivity (Wildman–Crippen MR) is 165 cm³/mol. The van der Waals surface area contributed by atoms with Crippen molar-refractivity contribution in [2.75, 3.05) is 17.1 Å². The number of rotatable bonds is 12. The first-order valence-corrected chi connectivity index (χ1v) is 16.0. The monoisotopic (exact) mass is 647 g/mol. The third-order valence-corrected chi connectivity index (χ3v) is 8.68. The summed E-state index contributed by atoms with van der Waals surface area (Å²) in [7, 11) is -3.86. The Kier molecular flexibility index (Phi) is 11.2. The molecule has 2 unspecified atom stereocenters. The first-order valence-electron chi connectivity index (χ1n) is 13.0. The molecular weight excluding hydrogens is 614 g/mol. The first-order chi connectivity index (χ1) is 18.9. The summed E-state index contributed by atoms with van der Waals surface area (Å²) in [5.74, 6) is -0.812. The number of aryl methyl sites for hydroxylation is 1. The van der Waals surface area contributed by atoms with E-state index in [-0.39, 0.29) is 30.6 Å². The molecule has 3 aromatic carbocycles. The zero-order valence-electron chi connectivity index (χ0n) is 23.1. The molecule has 0 saturated carbocycles. The quantitative estimate of drug-likeness (QED) is 0.272. The minimum Gasteiger partial charge on any atom is -0.352 e. The Bertz CT molecular complexity index is 1440. The van der Waals surface area contributed by atoms with Crippen LogP contribution in [-0.2, 0) is 32.6 Å². The Morgan fingerprint density at radius 1 is 1.00 bits per heavy atom. The average Bonchev–Trinajstić information content (AvgIpc) is 2.90. The van der Waals surface area contributed by atoms with Gasteiger partial charge in [-0.25, -0.2) is 8.42 Å². The Morgan fingerprint density at radius 3 is 2.27 bits per heavy atom. The summed E-state index contributed by atoms with van der Waals surface area (Å²) in [6.45, 7) is 5.30. The van der Waals surface area contributed by atoms with Crippen molar-refractivity contribution in [2.45, 2.75) is 52.2 Å². The number of halogens is 2. The Morgan fingerprint density at radius 2 is 1.68 bits per heavy atom. The lowest BCUT2D eigenvalue weighted by Crippen LogP contribution is -2.54. The molecule has 0 heterocycles. The Balaban J connectivity index is 2.07. The molecule has 0 bridgehead atoms. The van der Waals surface area contributed by atoms with E-state index in [1.807, 2.05) is 75.4 Å². The van der Waals surface area contributed by atoms with E-state index >= 15 is 0 Å². The third kappa shape index (κ3) is 8.81. The van der Waals surface area contributed by atoms with E-state index in [2.05, 4.69) is 21.2 Å². The van der Waals surface area contributed by atoms with Gasteiger partial charge in [0.1, 0.15) is 12.6 Å². The smallest absolute Gasteiger partial charge is 0.244 e. The van der Waals surface area contributed by atoms with E-state index in [0.717, 1.165) is 38.1 Å². The van der Waals surface area contributed by atoms with Gasteiger partial charge in [-0.2, -0.15) is 0 Å². The number of nitrogens with zero attached hydrogens (tertiary/aromatic N) is 2. The van der Waals surface area contributed by atoms with E-state index in [9.17, 15) is 18.0 Å². The lowest BCUT2D eigenvalue weighted by atomic mass is 10.0. The molecular formula is C30H35BrClN3O4S. The average molecular weight is 649 g/mol. The molecule has 7 nitrogen and oxygen atoms in total. The normalized spacial score (nSPS) is 12.8. The number of hydrogen-bond donors (Lipinski definition) is 1. The molecule has 214 valence electrons. The molecule has 1 N–H and O–H groups in total. The van der Waals surface area contributed by atoms with Crippen molar-refractivity contribution in [1.82, 2.24) is 10.2 Å². The SMILES string of the molecule is CCC(C)NC(=O)C(Cc1ccccc1)N(Cc1cccc(Br)c1)C(=O)CN(c1ccc(C)c(Cl)c1)S(C)(=O)=O. The summed E-state index contributed by atoms with van der Waals surface area (Å²) >= 11 is 9.78. The molecule has 2 amide bonds. The van der Waals surface area contributed by atoms with Crippen LogP contribution in [-0.4, -0.2) is 50.0 Å². The highest BCUT2D eigenvalue weighted by atomic mass is 79.9. The number of amides is 2. The maximum atomic E-state index is 14.1. The number of anilines is 1. The maximum Gasteiger partial charge on any atom is 0.244 e. The van der Waals surface area contributed by atoms with Crippen molar-refractivity contribution in [3.05, 3.63) is 99.0 Å². The van der Waals surface area contributed by atoms with E-state index in [0.29, 0.717) is 5.02 Å². The van der Waals surface area contributed by atoms with Gasteiger partial charge in [-0.1, -0.05) is 83.0 Å². The third-order valence-electron chi connectivity index (χ3n) is 6.64. The Hall–Kier alpha value is -2.88. The number of hydrogen-bond acceptors (Lipinski definition) is 4. The summed E-state index contributed by atoms with van der Waals surface area (Å²) < 4.78 is 27.6. The van der Waals surface area contributed by atoms with Crippen molar-refractivity contribution in [3.63, 3.8) is 0 Å². The Labute approximate surface area is 250 Å². The molecule has 10 heteroatoms. The summed E-state index contributed by atoms with van der Waals surface area (Å²) in [5.41, 5.74) is 2.73. The molecule has 3 aromatic rings. The molecule has 0 aliphatic carbocycles. The fraction of sp³-hybridized carbons (Fsp3) is 0.333. The molecule has 2 atom stereocenters. The van der Waals surface area contributed by atoms with Crippen molar-refractivity contribution in [2.24, 2.45) is 0 Å². The van der Waals surface area contributed by atoms with Crippen LogP contribution in [0.3, 0.4) is 0 Å². The van der Waals surface area contributed by atoms with Gasteiger partial charge in [0.15, 0.2) is 0 Å². The van der Waals surface area contributed by atoms with Gasteiger partial charge in [-0.15, -0.1) is 0 Å². The highest BCUT2D eigenvalue weighted by molar-refractivity contribution is 9.10. The summed E-state index contributed by atoms with van der Waals surface area (Å²) in [6.07, 6.45) is 2.03. The van der Waals surface area contributed by atoms with Crippen LogP contribution in [0.4, 0.5) is 5.69 Å². The minimum absolute atomic E-state index is 0.101. The largest absolute Gasteiger partial charge is 0.352 e. The number of carbonyl (C=O) groups is 2. The first kappa shape index (κ1) is 31.6. The molecule has 0 fully saturated rings. The molecule has 0 aliphatic heterocycles. The zero-order chi connectivity index (χ0) is 29.4. The second-order valence-electron chi connectivity index (χ2n) is 9.88. The van der Waals surface area contributed by atoms with Crippen molar-refractivity contribution in [3.8, 4) is 0 Å².